The molecule has 1 amide bonds. The fraction of sp³-hybridized carbons (Fsp3) is 0.235. The first-order valence-corrected chi connectivity index (χ1v) is 7.61. The van der Waals surface area contributed by atoms with E-state index in [1.165, 1.54) is 0 Å². The van der Waals surface area contributed by atoms with Gasteiger partial charge in [0.25, 0.3) is 0 Å². The Morgan fingerprint density at radius 1 is 1.24 bits per heavy atom. The van der Waals surface area contributed by atoms with Crippen molar-refractivity contribution in [1.29, 1.82) is 0 Å². The summed E-state index contributed by atoms with van der Waals surface area (Å²) in [5.41, 5.74) is 10.4. The van der Waals surface area contributed by atoms with Crippen LogP contribution in [0.1, 0.15) is 29.5 Å². The maximum Gasteiger partial charge on any atom is 0.231 e. The van der Waals surface area contributed by atoms with Crippen molar-refractivity contribution in [3.05, 3.63) is 57.6 Å². The molecule has 21 heavy (non-hydrogen) atoms. The molecule has 2 rings (SSSR count). The minimum Gasteiger partial charge on any atom is -0.399 e. The Morgan fingerprint density at radius 2 is 1.95 bits per heavy atom. The molecule has 0 radical (unpaired) electrons. The number of hydrogen-bond acceptors (Lipinski definition) is 2. The van der Waals surface area contributed by atoms with Crippen molar-refractivity contribution < 1.29 is 4.79 Å². The van der Waals surface area contributed by atoms with Crippen LogP contribution in [0.3, 0.4) is 0 Å². The predicted molar refractivity (Wildman–Crippen MR) is 91.5 cm³/mol. The largest absolute Gasteiger partial charge is 0.399 e. The lowest BCUT2D eigenvalue weighted by Crippen LogP contribution is -2.20. The molecule has 1 unspecified atom stereocenters. The molecule has 0 aromatic heterocycles. The summed E-state index contributed by atoms with van der Waals surface area (Å²) < 4.78 is 0.896. The molecular formula is C17H19BrN2O. The van der Waals surface area contributed by atoms with E-state index in [4.69, 9.17) is 5.73 Å². The number of carbonyl (C=O) groups excluding carboxylic acids is 1. The molecule has 3 nitrogen and oxygen atoms in total. The Labute approximate surface area is 133 Å². The van der Waals surface area contributed by atoms with Gasteiger partial charge in [0.15, 0.2) is 0 Å². The van der Waals surface area contributed by atoms with Crippen molar-refractivity contribution in [2.24, 2.45) is 0 Å². The van der Waals surface area contributed by atoms with Gasteiger partial charge in [-0.15, -0.1) is 0 Å². The van der Waals surface area contributed by atoms with Crippen LogP contribution < -0.4 is 11.1 Å². The van der Waals surface area contributed by atoms with Crippen LogP contribution >= 0.6 is 15.9 Å². The van der Waals surface area contributed by atoms with Gasteiger partial charge in [-0.3, -0.25) is 4.79 Å². The number of nitrogen functional groups attached to an aromatic ring is 1. The highest BCUT2D eigenvalue weighted by molar-refractivity contribution is 9.10. The van der Waals surface area contributed by atoms with E-state index in [9.17, 15) is 4.79 Å². The summed E-state index contributed by atoms with van der Waals surface area (Å²) in [5, 5.41) is 3.00. The quantitative estimate of drug-likeness (QED) is 0.809. The number of halogens is 1. The molecule has 0 fully saturated rings. The molecule has 0 heterocycles. The maximum atomic E-state index is 12.4. The van der Waals surface area contributed by atoms with Gasteiger partial charge in [0.2, 0.25) is 5.91 Å². The monoisotopic (exact) mass is 346 g/mol. The van der Waals surface area contributed by atoms with Crippen LogP contribution in [0.15, 0.2) is 40.9 Å². The van der Waals surface area contributed by atoms with Gasteiger partial charge < -0.3 is 11.1 Å². The van der Waals surface area contributed by atoms with Gasteiger partial charge in [0, 0.05) is 10.2 Å². The van der Waals surface area contributed by atoms with Gasteiger partial charge in [0.05, 0.1) is 11.6 Å². The number of carbonyl (C=O) groups is 1. The molecule has 0 aliphatic heterocycles. The van der Waals surface area contributed by atoms with Crippen LogP contribution in [0.5, 0.6) is 0 Å². The summed E-state index contributed by atoms with van der Waals surface area (Å²) in [5.74, 6) is -0.311. The van der Waals surface area contributed by atoms with Crippen LogP contribution in [0.2, 0.25) is 0 Å². The number of anilines is 2. The Hall–Kier alpha value is -1.81. The van der Waals surface area contributed by atoms with Gasteiger partial charge in [-0.2, -0.15) is 0 Å². The van der Waals surface area contributed by atoms with Crippen molar-refractivity contribution >= 4 is 33.2 Å². The summed E-state index contributed by atoms with van der Waals surface area (Å²) in [4.78, 5) is 12.4. The number of nitrogens with one attached hydrogen (secondary N) is 1. The fourth-order valence-corrected chi connectivity index (χ4v) is 3.06. The second-order valence-electron chi connectivity index (χ2n) is 5.32. The molecule has 110 valence electrons. The topological polar surface area (TPSA) is 55.1 Å². The second-order valence-corrected chi connectivity index (χ2v) is 6.17. The molecule has 2 aromatic carbocycles. The molecule has 0 aliphatic carbocycles. The van der Waals surface area contributed by atoms with E-state index in [1.807, 2.05) is 57.2 Å². The lowest BCUT2D eigenvalue weighted by Gasteiger charge is -2.16. The molecule has 3 N–H and O–H groups in total. The van der Waals surface area contributed by atoms with Crippen LogP contribution in [-0.4, -0.2) is 5.91 Å². The molecule has 0 saturated heterocycles. The van der Waals surface area contributed by atoms with Gasteiger partial charge in [0.1, 0.15) is 0 Å². The highest BCUT2D eigenvalue weighted by atomic mass is 79.9. The third-order valence-corrected chi connectivity index (χ3v) is 4.11. The zero-order valence-corrected chi connectivity index (χ0v) is 14.0. The van der Waals surface area contributed by atoms with Crippen LogP contribution in [-0.2, 0) is 4.79 Å². The first-order valence-electron chi connectivity index (χ1n) is 6.81. The van der Waals surface area contributed by atoms with Crippen molar-refractivity contribution in [1.82, 2.24) is 0 Å². The standard InChI is InChI=1S/C17H19BrN2O/c1-10-7-11(2)16(15(18)8-10)20-17(21)12(3)13-5-4-6-14(19)9-13/h4-9,12H,19H2,1-3H3,(H,20,21). The van der Waals surface area contributed by atoms with E-state index in [1.54, 1.807) is 0 Å². The molecule has 1 atom stereocenters. The third kappa shape index (κ3) is 3.64. The average molecular weight is 347 g/mol. The van der Waals surface area contributed by atoms with Gasteiger partial charge >= 0.3 is 0 Å². The molecule has 0 bridgehead atoms. The predicted octanol–water partition coefficient (Wildman–Crippen LogP) is 4.39. The number of hydrogen-bond donors (Lipinski definition) is 2. The van der Waals surface area contributed by atoms with Crippen molar-refractivity contribution in [3.8, 4) is 0 Å². The Kier molecular flexibility index (Phi) is 4.68. The zero-order valence-electron chi connectivity index (χ0n) is 12.4. The molecule has 0 spiro atoms. The Bertz CT molecular complexity index is 659. The Balaban J connectivity index is 2.22. The SMILES string of the molecule is Cc1cc(C)c(NC(=O)C(C)c2cccc(N)c2)c(Br)c1. The van der Waals surface area contributed by atoms with Gasteiger partial charge in [-0.1, -0.05) is 18.2 Å². The minimum atomic E-state index is -0.263. The van der Waals surface area contributed by atoms with E-state index in [0.717, 1.165) is 26.9 Å². The highest BCUT2D eigenvalue weighted by Gasteiger charge is 2.17. The van der Waals surface area contributed by atoms with Crippen LogP contribution in [0.25, 0.3) is 0 Å². The first kappa shape index (κ1) is 15.6. The number of benzene rings is 2. The van der Waals surface area contributed by atoms with Crippen LogP contribution in [0, 0.1) is 13.8 Å². The number of amides is 1. The minimum absolute atomic E-state index is 0.0479. The number of rotatable bonds is 3. The van der Waals surface area contributed by atoms with Gasteiger partial charge in [-0.05, 0) is 71.6 Å². The second kappa shape index (κ2) is 6.31. The van der Waals surface area contributed by atoms with Crippen molar-refractivity contribution in [2.45, 2.75) is 26.7 Å². The Morgan fingerprint density at radius 3 is 2.57 bits per heavy atom. The number of aryl methyl sites for hydroxylation is 2. The normalized spacial score (nSPS) is 12.0. The van der Waals surface area contributed by atoms with E-state index in [2.05, 4.69) is 21.2 Å². The van der Waals surface area contributed by atoms with Crippen LogP contribution in [0.4, 0.5) is 11.4 Å². The highest BCUT2D eigenvalue weighted by Crippen LogP contribution is 2.29. The molecular weight excluding hydrogens is 328 g/mol. The van der Waals surface area contributed by atoms with Crippen molar-refractivity contribution in [3.63, 3.8) is 0 Å². The van der Waals surface area contributed by atoms with E-state index in [0.29, 0.717) is 5.69 Å². The zero-order chi connectivity index (χ0) is 15.6. The fourth-order valence-electron chi connectivity index (χ4n) is 2.29. The van der Waals surface area contributed by atoms with E-state index < -0.39 is 0 Å². The molecule has 2 aromatic rings. The smallest absolute Gasteiger partial charge is 0.231 e. The lowest BCUT2D eigenvalue weighted by atomic mass is 9.99. The van der Waals surface area contributed by atoms with E-state index >= 15 is 0 Å². The van der Waals surface area contributed by atoms with Gasteiger partial charge in [-0.25, -0.2) is 0 Å². The molecule has 0 saturated carbocycles. The van der Waals surface area contributed by atoms with E-state index in [-0.39, 0.29) is 11.8 Å². The first-order chi connectivity index (χ1) is 9.88. The summed E-state index contributed by atoms with van der Waals surface area (Å²) in [7, 11) is 0. The summed E-state index contributed by atoms with van der Waals surface area (Å²) >= 11 is 3.51. The third-order valence-electron chi connectivity index (χ3n) is 3.48. The maximum absolute atomic E-state index is 12.4. The molecule has 0 aliphatic rings. The summed E-state index contributed by atoms with van der Waals surface area (Å²) in [6, 6.07) is 11.5. The average Bonchev–Trinajstić information content (AvgIpc) is 2.41. The summed E-state index contributed by atoms with van der Waals surface area (Å²) in [6.45, 7) is 5.89. The molecule has 4 heteroatoms. The number of nitrogens with two attached hydrogens (primary N) is 1. The summed E-state index contributed by atoms with van der Waals surface area (Å²) in [6.07, 6.45) is 0. The lowest BCUT2D eigenvalue weighted by molar-refractivity contribution is -0.117. The van der Waals surface area contributed by atoms with Crippen molar-refractivity contribution in [2.75, 3.05) is 11.1 Å².